The van der Waals surface area contributed by atoms with Gasteiger partial charge in [0.15, 0.2) is 0 Å². The summed E-state index contributed by atoms with van der Waals surface area (Å²) in [5.41, 5.74) is 10.8. The highest BCUT2D eigenvalue weighted by Crippen LogP contribution is 2.09. The van der Waals surface area contributed by atoms with Gasteiger partial charge in [-0.2, -0.15) is 0 Å². The maximum Gasteiger partial charge on any atom is 0.240 e. The first-order valence-electron chi connectivity index (χ1n) is 4.50. The molecule has 1 fully saturated rings. The van der Waals surface area contributed by atoms with Gasteiger partial charge < -0.3 is 16.4 Å². The summed E-state index contributed by atoms with van der Waals surface area (Å²) in [5, 5.41) is 0. The predicted molar refractivity (Wildman–Crippen MR) is 47.5 cm³/mol. The maximum atomic E-state index is 11.5. The van der Waals surface area contributed by atoms with Crippen LogP contribution in [0.1, 0.15) is 19.3 Å². The molecule has 4 nitrogen and oxygen atoms in total. The van der Waals surface area contributed by atoms with Crippen LogP contribution in [0, 0.1) is 0 Å². The Kier molecular flexibility index (Phi) is 3.49. The van der Waals surface area contributed by atoms with E-state index in [1.165, 1.54) is 6.42 Å². The Bertz CT molecular complexity index is 154. The molecule has 0 unspecified atom stereocenters. The SMILES string of the molecule is NC[C@@H](N)C(=O)N1CCCCC1. The van der Waals surface area contributed by atoms with Gasteiger partial charge in [0.1, 0.15) is 0 Å². The lowest BCUT2D eigenvalue weighted by Crippen LogP contribution is -2.49. The van der Waals surface area contributed by atoms with Gasteiger partial charge in [0, 0.05) is 19.6 Å². The third kappa shape index (κ3) is 2.19. The third-order valence-corrected chi connectivity index (χ3v) is 2.24. The second-order valence-electron chi connectivity index (χ2n) is 3.23. The molecule has 1 atom stereocenters. The van der Waals surface area contributed by atoms with Crippen molar-refractivity contribution >= 4 is 5.91 Å². The molecule has 4 N–H and O–H groups in total. The van der Waals surface area contributed by atoms with E-state index in [4.69, 9.17) is 11.5 Å². The lowest BCUT2D eigenvalue weighted by atomic mass is 10.1. The zero-order valence-electron chi connectivity index (χ0n) is 7.33. The minimum absolute atomic E-state index is 0.0113. The molecule has 0 radical (unpaired) electrons. The molecule has 1 rings (SSSR count). The van der Waals surface area contributed by atoms with Crippen LogP contribution in [0.5, 0.6) is 0 Å². The Labute approximate surface area is 72.9 Å². The highest BCUT2D eigenvalue weighted by molar-refractivity contribution is 5.81. The maximum absolute atomic E-state index is 11.5. The van der Waals surface area contributed by atoms with Gasteiger partial charge in [-0.3, -0.25) is 4.79 Å². The molecule has 0 aliphatic carbocycles. The molecule has 0 aromatic heterocycles. The van der Waals surface area contributed by atoms with Crippen LogP contribution in [0.3, 0.4) is 0 Å². The van der Waals surface area contributed by atoms with E-state index in [0.717, 1.165) is 25.9 Å². The van der Waals surface area contributed by atoms with Crippen LogP contribution in [-0.4, -0.2) is 36.5 Å². The first-order chi connectivity index (χ1) is 5.75. The van der Waals surface area contributed by atoms with E-state index < -0.39 is 6.04 Å². The Morgan fingerprint density at radius 1 is 1.33 bits per heavy atom. The number of piperidine rings is 1. The molecule has 1 aliphatic heterocycles. The summed E-state index contributed by atoms with van der Waals surface area (Å²) >= 11 is 0. The number of hydrogen-bond acceptors (Lipinski definition) is 3. The van der Waals surface area contributed by atoms with Crippen molar-refractivity contribution < 1.29 is 4.79 Å². The van der Waals surface area contributed by atoms with Crippen molar-refractivity contribution in [1.82, 2.24) is 4.90 Å². The summed E-state index contributed by atoms with van der Waals surface area (Å²) in [6, 6.07) is -0.497. The van der Waals surface area contributed by atoms with Crippen LogP contribution in [0.2, 0.25) is 0 Å². The van der Waals surface area contributed by atoms with Crippen LogP contribution in [0.4, 0.5) is 0 Å². The highest BCUT2D eigenvalue weighted by Gasteiger charge is 2.20. The van der Waals surface area contributed by atoms with Crippen LogP contribution in [0.15, 0.2) is 0 Å². The number of nitrogens with two attached hydrogens (primary N) is 2. The molecule has 0 spiro atoms. The fourth-order valence-corrected chi connectivity index (χ4v) is 1.45. The minimum Gasteiger partial charge on any atom is -0.341 e. The summed E-state index contributed by atoms with van der Waals surface area (Å²) in [6.07, 6.45) is 3.42. The van der Waals surface area contributed by atoms with Crippen LogP contribution < -0.4 is 11.5 Å². The molecule has 0 saturated carbocycles. The molecule has 1 aliphatic rings. The van der Waals surface area contributed by atoms with E-state index in [2.05, 4.69) is 0 Å². The number of nitrogens with zero attached hydrogens (tertiary/aromatic N) is 1. The Morgan fingerprint density at radius 3 is 2.42 bits per heavy atom. The van der Waals surface area contributed by atoms with Gasteiger partial charge in [-0.15, -0.1) is 0 Å². The quantitative estimate of drug-likeness (QED) is 0.576. The molecule has 4 heteroatoms. The van der Waals surface area contributed by atoms with Gasteiger partial charge in [0.2, 0.25) is 5.91 Å². The van der Waals surface area contributed by atoms with E-state index in [1.807, 2.05) is 4.90 Å². The zero-order valence-corrected chi connectivity index (χ0v) is 7.33. The van der Waals surface area contributed by atoms with Crippen molar-refractivity contribution in [3.63, 3.8) is 0 Å². The number of amides is 1. The summed E-state index contributed by atoms with van der Waals surface area (Å²) in [6.45, 7) is 1.95. The highest BCUT2D eigenvalue weighted by atomic mass is 16.2. The summed E-state index contributed by atoms with van der Waals surface area (Å²) < 4.78 is 0. The molecule has 1 heterocycles. The number of carbonyl (C=O) groups excluding carboxylic acids is 1. The lowest BCUT2D eigenvalue weighted by molar-refractivity contribution is -0.133. The molecule has 1 saturated heterocycles. The van der Waals surface area contributed by atoms with Crippen molar-refractivity contribution in [2.75, 3.05) is 19.6 Å². The Hall–Kier alpha value is -0.610. The number of hydrogen-bond donors (Lipinski definition) is 2. The van der Waals surface area contributed by atoms with Gasteiger partial charge in [0.05, 0.1) is 6.04 Å². The first-order valence-corrected chi connectivity index (χ1v) is 4.50. The largest absolute Gasteiger partial charge is 0.341 e. The average molecular weight is 171 g/mol. The van der Waals surface area contributed by atoms with E-state index in [1.54, 1.807) is 0 Å². The second-order valence-corrected chi connectivity index (χ2v) is 3.23. The van der Waals surface area contributed by atoms with Gasteiger partial charge in [-0.1, -0.05) is 0 Å². The summed E-state index contributed by atoms with van der Waals surface area (Å²) in [5.74, 6) is 0.0113. The Morgan fingerprint density at radius 2 is 1.92 bits per heavy atom. The molecule has 12 heavy (non-hydrogen) atoms. The van der Waals surface area contributed by atoms with Gasteiger partial charge in [0.25, 0.3) is 0 Å². The zero-order chi connectivity index (χ0) is 8.97. The lowest BCUT2D eigenvalue weighted by Gasteiger charge is -2.28. The van der Waals surface area contributed by atoms with Gasteiger partial charge in [-0.05, 0) is 19.3 Å². The van der Waals surface area contributed by atoms with Crippen molar-refractivity contribution in [3.05, 3.63) is 0 Å². The standard InChI is InChI=1S/C8H17N3O/c9-6-7(10)8(12)11-4-2-1-3-5-11/h7H,1-6,9-10H2/t7-/m1/s1. The smallest absolute Gasteiger partial charge is 0.240 e. The third-order valence-electron chi connectivity index (χ3n) is 2.24. The monoisotopic (exact) mass is 171 g/mol. The number of rotatable bonds is 2. The number of carbonyl (C=O) groups is 1. The average Bonchev–Trinajstić information content (AvgIpc) is 2.17. The van der Waals surface area contributed by atoms with Crippen LogP contribution >= 0.6 is 0 Å². The molecule has 0 aromatic rings. The van der Waals surface area contributed by atoms with E-state index >= 15 is 0 Å². The van der Waals surface area contributed by atoms with Gasteiger partial charge >= 0.3 is 0 Å². The van der Waals surface area contributed by atoms with Crippen molar-refractivity contribution in [2.24, 2.45) is 11.5 Å². The van der Waals surface area contributed by atoms with Gasteiger partial charge in [-0.25, -0.2) is 0 Å². The number of likely N-dealkylation sites (tertiary alicyclic amines) is 1. The molecule has 70 valence electrons. The van der Waals surface area contributed by atoms with E-state index in [-0.39, 0.29) is 12.5 Å². The second kappa shape index (κ2) is 4.42. The van der Waals surface area contributed by atoms with Crippen LogP contribution in [0.25, 0.3) is 0 Å². The molecular formula is C8H17N3O. The molecule has 0 aromatic carbocycles. The molecular weight excluding hydrogens is 154 g/mol. The Balaban J connectivity index is 2.39. The van der Waals surface area contributed by atoms with Crippen molar-refractivity contribution in [2.45, 2.75) is 25.3 Å². The van der Waals surface area contributed by atoms with Crippen molar-refractivity contribution in [3.8, 4) is 0 Å². The van der Waals surface area contributed by atoms with Crippen LogP contribution in [-0.2, 0) is 4.79 Å². The molecule has 1 amide bonds. The summed E-state index contributed by atoms with van der Waals surface area (Å²) in [7, 11) is 0. The minimum atomic E-state index is -0.497. The topological polar surface area (TPSA) is 72.3 Å². The predicted octanol–water partition coefficient (Wildman–Crippen LogP) is -0.715. The van der Waals surface area contributed by atoms with Crippen molar-refractivity contribution in [1.29, 1.82) is 0 Å². The van der Waals surface area contributed by atoms with E-state index in [0.29, 0.717) is 0 Å². The summed E-state index contributed by atoms with van der Waals surface area (Å²) in [4.78, 5) is 13.3. The van der Waals surface area contributed by atoms with E-state index in [9.17, 15) is 4.79 Å². The normalized spacial score (nSPS) is 20.7. The molecule has 0 bridgehead atoms. The first kappa shape index (κ1) is 9.48. The fourth-order valence-electron chi connectivity index (χ4n) is 1.45. The fraction of sp³-hybridized carbons (Fsp3) is 0.875.